The smallest absolute Gasteiger partial charge is 0.361 e. The van der Waals surface area contributed by atoms with E-state index in [9.17, 15) is 14.2 Å². The fourth-order valence-electron chi connectivity index (χ4n) is 2.15. The average Bonchev–Trinajstić information content (AvgIpc) is 2.73. The molecule has 0 amide bonds. The van der Waals surface area contributed by atoms with Crippen LogP contribution in [0.5, 0.6) is 0 Å². The van der Waals surface area contributed by atoms with Crippen molar-refractivity contribution in [2.24, 2.45) is 0 Å². The molecule has 0 saturated heterocycles. The van der Waals surface area contributed by atoms with Gasteiger partial charge in [0.1, 0.15) is 0 Å². The Bertz CT molecular complexity index is 716. The Morgan fingerprint density at radius 3 is 1.57 bits per heavy atom. The van der Waals surface area contributed by atoms with Crippen molar-refractivity contribution in [1.82, 2.24) is 0 Å². The van der Waals surface area contributed by atoms with E-state index < -0.39 is 19.5 Å². The van der Waals surface area contributed by atoms with Crippen molar-refractivity contribution in [1.29, 1.82) is 0 Å². The minimum atomic E-state index is -3.48. The monoisotopic (exact) mass is 438 g/mol. The summed E-state index contributed by atoms with van der Waals surface area (Å²) in [6.07, 6.45) is 2.25. The molecule has 0 aliphatic rings. The van der Waals surface area contributed by atoms with E-state index in [4.69, 9.17) is 18.5 Å². The third-order valence-electron chi connectivity index (χ3n) is 3.84. The van der Waals surface area contributed by atoms with Crippen molar-refractivity contribution < 1.29 is 32.7 Å². The normalized spacial score (nSPS) is 11.0. The van der Waals surface area contributed by atoms with E-state index in [1.54, 1.807) is 38.1 Å². The van der Waals surface area contributed by atoms with Gasteiger partial charge in [0.25, 0.3) is 0 Å². The quantitative estimate of drug-likeness (QED) is 0.174. The zero-order chi connectivity index (χ0) is 22.4. The molecule has 0 aromatic heterocycles. The first kappa shape index (κ1) is 25.8. The van der Waals surface area contributed by atoms with Crippen molar-refractivity contribution in [3.05, 3.63) is 54.6 Å². The molecule has 0 aliphatic carbocycles. The molecule has 0 radical (unpaired) electrons. The highest BCUT2D eigenvalue weighted by molar-refractivity contribution is 7.62. The molecule has 0 saturated carbocycles. The molecule has 0 bridgehead atoms. The number of carbonyl (C=O) groups is 2. The van der Waals surface area contributed by atoms with Gasteiger partial charge in [-0.05, 0) is 51.7 Å². The molecule has 7 nitrogen and oxygen atoms in total. The first-order chi connectivity index (χ1) is 14.3. The standard InChI is InChI=1S/C22H31O7P/c1-18(2)21(23)26-14-8-10-16-28-30(25,20-12-6-5-7-13-20)29-17-11-9-15-27-22(24)19(3)4/h5-7,12-13H,1,3,8-11,14-17H2,2,4H3. The number of hydrogen-bond acceptors (Lipinski definition) is 7. The van der Waals surface area contributed by atoms with Gasteiger partial charge in [-0.25, -0.2) is 9.59 Å². The lowest BCUT2D eigenvalue weighted by Gasteiger charge is -2.19. The van der Waals surface area contributed by atoms with Crippen LogP contribution in [0.3, 0.4) is 0 Å². The van der Waals surface area contributed by atoms with Crippen LogP contribution in [0.15, 0.2) is 54.6 Å². The number of rotatable bonds is 15. The number of hydrogen-bond donors (Lipinski definition) is 0. The van der Waals surface area contributed by atoms with Crippen LogP contribution in [0.1, 0.15) is 39.5 Å². The van der Waals surface area contributed by atoms with Crippen LogP contribution < -0.4 is 5.30 Å². The van der Waals surface area contributed by atoms with Crippen molar-refractivity contribution in [2.45, 2.75) is 39.5 Å². The molecule has 0 fully saturated rings. The van der Waals surface area contributed by atoms with Gasteiger partial charge in [0, 0.05) is 11.1 Å². The zero-order valence-electron chi connectivity index (χ0n) is 17.8. The van der Waals surface area contributed by atoms with Crippen LogP contribution in [0.2, 0.25) is 0 Å². The van der Waals surface area contributed by atoms with Crippen molar-refractivity contribution in [3.8, 4) is 0 Å². The molecule has 0 aliphatic heterocycles. The third-order valence-corrected chi connectivity index (χ3v) is 5.81. The van der Waals surface area contributed by atoms with Gasteiger partial charge in [0.15, 0.2) is 0 Å². The second-order valence-corrected chi connectivity index (χ2v) is 8.77. The molecule has 166 valence electrons. The van der Waals surface area contributed by atoms with E-state index in [1.165, 1.54) is 0 Å². The van der Waals surface area contributed by atoms with Gasteiger partial charge in [0.2, 0.25) is 0 Å². The highest BCUT2D eigenvalue weighted by Gasteiger charge is 2.27. The molecule has 1 rings (SSSR count). The molecule has 1 aromatic carbocycles. The lowest BCUT2D eigenvalue weighted by Crippen LogP contribution is -2.13. The summed E-state index contributed by atoms with van der Waals surface area (Å²) < 4.78 is 34.5. The molecule has 0 atom stereocenters. The maximum Gasteiger partial charge on any atom is 0.361 e. The summed E-state index contributed by atoms with van der Waals surface area (Å²) >= 11 is 0. The van der Waals surface area contributed by atoms with E-state index in [0.717, 1.165) is 0 Å². The highest BCUT2D eigenvalue weighted by Crippen LogP contribution is 2.47. The maximum absolute atomic E-state index is 13.2. The number of carbonyl (C=O) groups excluding carboxylic acids is 2. The van der Waals surface area contributed by atoms with Crippen molar-refractivity contribution >= 4 is 24.8 Å². The van der Waals surface area contributed by atoms with Gasteiger partial charge >= 0.3 is 19.5 Å². The van der Waals surface area contributed by atoms with Gasteiger partial charge < -0.3 is 18.5 Å². The van der Waals surface area contributed by atoms with Crippen molar-refractivity contribution in [3.63, 3.8) is 0 Å². The molecule has 0 heterocycles. The summed E-state index contributed by atoms with van der Waals surface area (Å²) in [6, 6.07) is 8.75. The van der Waals surface area contributed by atoms with Crippen LogP contribution in [-0.4, -0.2) is 38.4 Å². The summed E-state index contributed by atoms with van der Waals surface area (Å²) in [6.45, 7) is 11.1. The van der Waals surface area contributed by atoms with Gasteiger partial charge in [-0.1, -0.05) is 31.4 Å². The average molecular weight is 438 g/mol. The predicted molar refractivity (Wildman–Crippen MR) is 116 cm³/mol. The van der Waals surface area contributed by atoms with E-state index in [2.05, 4.69) is 13.2 Å². The summed E-state index contributed by atoms with van der Waals surface area (Å²) in [5, 5.41) is 0.479. The van der Waals surface area contributed by atoms with Crippen LogP contribution in [0, 0.1) is 0 Å². The fourth-order valence-corrected chi connectivity index (χ4v) is 3.80. The Morgan fingerprint density at radius 2 is 1.17 bits per heavy atom. The van der Waals surface area contributed by atoms with E-state index in [-0.39, 0.29) is 26.4 Å². The summed E-state index contributed by atoms with van der Waals surface area (Å²) in [5.74, 6) is -0.855. The molecule has 8 heteroatoms. The first-order valence-corrected chi connectivity index (χ1v) is 11.4. The number of unbranched alkanes of at least 4 members (excludes halogenated alkanes) is 2. The Morgan fingerprint density at radius 1 is 0.767 bits per heavy atom. The third kappa shape index (κ3) is 10.0. The molecular weight excluding hydrogens is 407 g/mol. The van der Waals surface area contributed by atoms with Crippen LogP contribution in [0.25, 0.3) is 0 Å². The van der Waals surface area contributed by atoms with Gasteiger partial charge in [-0.3, -0.25) is 4.57 Å². The SMILES string of the molecule is C=C(C)C(=O)OCCCCOP(=O)(OCCCCOC(=O)C(=C)C)c1ccccc1. The van der Waals surface area contributed by atoms with Crippen LogP contribution in [0.4, 0.5) is 0 Å². The summed E-state index contributed by atoms with van der Waals surface area (Å²) in [7, 11) is -3.48. The van der Waals surface area contributed by atoms with Gasteiger partial charge in [-0.15, -0.1) is 0 Å². The second kappa shape index (κ2) is 13.9. The largest absolute Gasteiger partial charge is 0.462 e. The minimum absolute atomic E-state index is 0.201. The Labute approximate surface area is 178 Å². The topological polar surface area (TPSA) is 88.1 Å². The lowest BCUT2D eigenvalue weighted by atomic mass is 10.3. The Balaban J connectivity index is 2.43. The highest BCUT2D eigenvalue weighted by atomic mass is 31.2. The first-order valence-electron chi connectivity index (χ1n) is 9.86. The van der Waals surface area contributed by atoms with Crippen molar-refractivity contribution in [2.75, 3.05) is 26.4 Å². The lowest BCUT2D eigenvalue weighted by molar-refractivity contribution is -0.139. The summed E-state index contributed by atoms with van der Waals surface area (Å²) in [4.78, 5) is 22.7. The zero-order valence-corrected chi connectivity index (χ0v) is 18.7. The maximum atomic E-state index is 13.2. The molecule has 0 spiro atoms. The number of benzene rings is 1. The van der Waals surface area contributed by atoms with E-state index in [1.807, 2.05) is 6.07 Å². The van der Waals surface area contributed by atoms with Gasteiger partial charge in [0.05, 0.1) is 31.7 Å². The molecule has 30 heavy (non-hydrogen) atoms. The Hall–Kier alpha value is -2.21. The molecular formula is C22H31O7P. The van der Waals surface area contributed by atoms with E-state index in [0.29, 0.717) is 42.1 Å². The van der Waals surface area contributed by atoms with Gasteiger partial charge in [-0.2, -0.15) is 0 Å². The molecule has 0 unspecified atom stereocenters. The predicted octanol–water partition coefficient (Wildman–Crippen LogP) is 4.34. The minimum Gasteiger partial charge on any atom is -0.462 e. The second-order valence-electron chi connectivity index (χ2n) is 6.75. The van der Waals surface area contributed by atoms with E-state index >= 15 is 0 Å². The van der Waals surface area contributed by atoms with Crippen LogP contribution >= 0.6 is 7.60 Å². The Kier molecular flexibility index (Phi) is 12.0. The molecule has 1 aromatic rings. The van der Waals surface area contributed by atoms with Crippen LogP contribution in [-0.2, 0) is 32.7 Å². The summed E-state index contributed by atoms with van der Waals surface area (Å²) in [5.41, 5.74) is 0.699. The molecule has 0 N–H and O–H groups in total. The fraction of sp³-hybridized carbons (Fsp3) is 0.455. The number of esters is 2. The number of ether oxygens (including phenoxy) is 2.